The minimum atomic E-state index is -0.732. The Morgan fingerprint density at radius 3 is 2.47 bits per heavy atom. The van der Waals surface area contributed by atoms with Crippen LogP contribution in [0.2, 0.25) is 0 Å². The molecule has 1 aromatic heterocycles. The number of aromatic nitrogens is 2. The van der Waals surface area contributed by atoms with E-state index in [1.165, 1.54) is 0 Å². The summed E-state index contributed by atoms with van der Waals surface area (Å²) in [5, 5.41) is 10.6. The van der Waals surface area contributed by atoms with Crippen molar-refractivity contribution in [3.63, 3.8) is 0 Å². The van der Waals surface area contributed by atoms with Gasteiger partial charge in [0.25, 0.3) is 0 Å². The van der Waals surface area contributed by atoms with Crippen LogP contribution in [0.3, 0.4) is 0 Å². The van der Waals surface area contributed by atoms with E-state index in [2.05, 4.69) is 10.6 Å². The predicted octanol–water partition coefficient (Wildman–Crippen LogP) is 2.69. The second-order valence-electron chi connectivity index (χ2n) is 7.81. The van der Waals surface area contributed by atoms with E-state index in [4.69, 9.17) is 5.10 Å². The normalized spacial score (nSPS) is 16.1. The van der Waals surface area contributed by atoms with Gasteiger partial charge in [-0.1, -0.05) is 48.5 Å². The lowest BCUT2D eigenvalue weighted by atomic mass is 9.99. The molecule has 0 unspecified atom stereocenters. The van der Waals surface area contributed by atoms with E-state index < -0.39 is 5.54 Å². The van der Waals surface area contributed by atoms with Gasteiger partial charge in [0.05, 0.1) is 23.5 Å². The molecule has 7 heteroatoms. The van der Waals surface area contributed by atoms with Gasteiger partial charge in [0.1, 0.15) is 5.82 Å². The maximum absolute atomic E-state index is 12.9. The third kappa shape index (κ3) is 3.97. The summed E-state index contributed by atoms with van der Waals surface area (Å²) in [6.45, 7) is 4.95. The van der Waals surface area contributed by atoms with Crippen LogP contribution in [0.25, 0.3) is 16.9 Å². The van der Waals surface area contributed by atoms with Crippen LogP contribution in [0.4, 0.5) is 5.82 Å². The smallest absolute Gasteiger partial charge is 0.240 e. The van der Waals surface area contributed by atoms with Crippen molar-refractivity contribution in [1.82, 2.24) is 20.0 Å². The van der Waals surface area contributed by atoms with Crippen LogP contribution >= 0.6 is 0 Å². The van der Waals surface area contributed by atoms with Crippen LogP contribution in [-0.4, -0.2) is 51.7 Å². The molecular weight excluding hydrogens is 378 g/mol. The highest BCUT2D eigenvalue weighted by atomic mass is 16.2. The summed E-state index contributed by atoms with van der Waals surface area (Å²) in [5.74, 6) is 0.334. The molecule has 0 radical (unpaired) electrons. The fourth-order valence-electron chi connectivity index (χ4n) is 3.56. The third-order valence-electron chi connectivity index (χ3n) is 5.40. The van der Waals surface area contributed by atoms with Gasteiger partial charge >= 0.3 is 0 Å². The number of carbonyl (C=O) groups is 2. The standard InChI is InChI=1S/C23H25N5O2/c1-23(2)22(30)24-13-14-27(23)16-21(29)25-20-15-19(17-9-5-3-6-10-17)26-28(20)18-11-7-4-8-12-18/h3-12,15H,13-14,16H2,1-2H3,(H,24,30)(H,25,29). The number of piperazine rings is 1. The number of nitrogens with one attached hydrogen (secondary N) is 2. The summed E-state index contributed by atoms with van der Waals surface area (Å²) in [4.78, 5) is 26.9. The molecule has 2 amide bonds. The molecule has 2 heterocycles. The zero-order valence-corrected chi connectivity index (χ0v) is 17.1. The molecule has 2 aromatic carbocycles. The molecule has 0 aliphatic carbocycles. The van der Waals surface area contributed by atoms with Gasteiger partial charge in [-0.3, -0.25) is 14.5 Å². The molecule has 3 aromatic rings. The Kier molecular flexibility index (Phi) is 5.37. The molecule has 2 N–H and O–H groups in total. The van der Waals surface area contributed by atoms with E-state index in [-0.39, 0.29) is 18.4 Å². The predicted molar refractivity (Wildman–Crippen MR) is 116 cm³/mol. The van der Waals surface area contributed by atoms with Crippen LogP contribution in [0.1, 0.15) is 13.8 Å². The molecule has 1 saturated heterocycles. The van der Waals surface area contributed by atoms with Gasteiger partial charge in [0.15, 0.2) is 0 Å². The molecule has 4 rings (SSSR count). The van der Waals surface area contributed by atoms with Crippen LogP contribution in [0.15, 0.2) is 66.7 Å². The van der Waals surface area contributed by atoms with Crippen molar-refractivity contribution in [3.05, 3.63) is 66.7 Å². The third-order valence-corrected chi connectivity index (χ3v) is 5.40. The summed E-state index contributed by atoms with van der Waals surface area (Å²) < 4.78 is 1.73. The second-order valence-corrected chi connectivity index (χ2v) is 7.81. The average molecular weight is 403 g/mol. The van der Waals surface area contributed by atoms with Crippen molar-refractivity contribution >= 4 is 17.6 Å². The minimum Gasteiger partial charge on any atom is -0.353 e. The molecule has 1 aliphatic rings. The van der Waals surface area contributed by atoms with E-state index in [9.17, 15) is 9.59 Å². The Labute approximate surface area is 175 Å². The first-order valence-corrected chi connectivity index (χ1v) is 9.99. The van der Waals surface area contributed by atoms with Gasteiger partial charge in [-0.25, -0.2) is 4.68 Å². The first-order chi connectivity index (χ1) is 14.4. The summed E-state index contributed by atoms with van der Waals surface area (Å²) in [5.41, 5.74) is 1.86. The van der Waals surface area contributed by atoms with Gasteiger partial charge in [-0.2, -0.15) is 5.10 Å². The van der Waals surface area contributed by atoms with Gasteiger partial charge in [-0.05, 0) is 26.0 Å². The Balaban J connectivity index is 1.60. The molecule has 7 nitrogen and oxygen atoms in total. The summed E-state index contributed by atoms with van der Waals surface area (Å²) in [7, 11) is 0. The number of carbonyl (C=O) groups excluding carboxylic acids is 2. The van der Waals surface area contributed by atoms with E-state index in [1.54, 1.807) is 4.68 Å². The molecule has 1 fully saturated rings. The molecular formula is C23H25N5O2. The van der Waals surface area contributed by atoms with Crippen molar-refractivity contribution in [1.29, 1.82) is 0 Å². The van der Waals surface area contributed by atoms with Gasteiger partial charge in [0, 0.05) is 24.7 Å². The lowest BCUT2D eigenvalue weighted by Gasteiger charge is -2.40. The fraction of sp³-hybridized carbons (Fsp3) is 0.261. The number of hydrogen-bond donors (Lipinski definition) is 2. The largest absolute Gasteiger partial charge is 0.353 e. The highest BCUT2D eigenvalue weighted by Gasteiger charge is 2.38. The number of anilines is 1. The molecule has 154 valence electrons. The Bertz CT molecular complexity index is 1040. The number of rotatable bonds is 5. The number of benzene rings is 2. The highest BCUT2D eigenvalue weighted by molar-refractivity contribution is 5.93. The van der Waals surface area contributed by atoms with Gasteiger partial charge in [-0.15, -0.1) is 0 Å². The lowest BCUT2D eigenvalue weighted by Crippen LogP contribution is -2.62. The molecule has 0 bridgehead atoms. The van der Waals surface area contributed by atoms with E-state index >= 15 is 0 Å². The number of amides is 2. The van der Waals surface area contributed by atoms with Crippen molar-refractivity contribution in [2.75, 3.05) is 25.0 Å². The second kappa shape index (κ2) is 8.12. The minimum absolute atomic E-state index is 0.0674. The van der Waals surface area contributed by atoms with E-state index in [0.717, 1.165) is 16.9 Å². The molecule has 0 atom stereocenters. The van der Waals surface area contributed by atoms with Crippen LogP contribution < -0.4 is 10.6 Å². The van der Waals surface area contributed by atoms with Crippen molar-refractivity contribution in [2.24, 2.45) is 0 Å². The number of nitrogens with zero attached hydrogens (tertiary/aromatic N) is 3. The zero-order chi connectivity index (χ0) is 21.1. The Morgan fingerprint density at radius 1 is 1.10 bits per heavy atom. The molecule has 0 saturated carbocycles. The van der Waals surface area contributed by atoms with Crippen LogP contribution in [-0.2, 0) is 9.59 Å². The van der Waals surface area contributed by atoms with E-state index in [1.807, 2.05) is 85.5 Å². The lowest BCUT2D eigenvalue weighted by molar-refractivity contribution is -0.136. The average Bonchev–Trinajstić information content (AvgIpc) is 3.17. The number of hydrogen-bond acceptors (Lipinski definition) is 4. The van der Waals surface area contributed by atoms with Gasteiger partial charge < -0.3 is 10.6 Å². The molecule has 0 spiro atoms. The van der Waals surface area contributed by atoms with Crippen LogP contribution in [0.5, 0.6) is 0 Å². The SMILES string of the molecule is CC1(C)C(=O)NCCN1CC(=O)Nc1cc(-c2ccccc2)nn1-c1ccccc1. The van der Waals surface area contributed by atoms with Gasteiger partial charge in [0.2, 0.25) is 11.8 Å². The quantitative estimate of drug-likeness (QED) is 0.687. The Hall–Kier alpha value is -3.45. The zero-order valence-electron chi connectivity index (χ0n) is 17.1. The molecule has 30 heavy (non-hydrogen) atoms. The summed E-state index contributed by atoms with van der Waals surface area (Å²) in [6.07, 6.45) is 0. The van der Waals surface area contributed by atoms with Crippen LogP contribution in [0, 0.1) is 0 Å². The topological polar surface area (TPSA) is 79.3 Å². The van der Waals surface area contributed by atoms with E-state index in [0.29, 0.717) is 18.9 Å². The Morgan fingerprint density at radius 2 is 1.77 bits per heavy atom. The number of para-hydroxylation sites is 1. The summed E-state index contributed by atoms with van der Waals surface area (Å²) >= 11 is 0. The highest BCUT2D eigenvalue weighted by Crippen LogP contribution is 2.25. The van der Waals surface area contributed by atoms with Crippen molar-refractivity contribution in [2.45, 2.75) is 19.4 Å². The van der Waals surface area contributed by atoms with Crippen molar-refractivity contribution < 1.29 is 9.59 Å². The first-order valence-electron chi connectivity index (χ1n) is 9.99. The fourth-order valence-corrected chi connectivity index (χ4v) is 3.56. The monoisotopic (exact) mass is 403 g/mol. The molecule has 1 aliphatic heterocycles. The van der Waals surface area contributed by atoms with Crippen molar-refractivity contribution in [3.8, 4) is 16.9 Å². The first kappa shape index (κ1) is 19.8. The maximum atomic E-state index is 12.9. The maximum Gasteiger partial charge on any atom is 0.240 e. The summed E-state index contributed by atoms with van der Waals surface area (Å²) in [6, 6.07) is 21.4.